The summed E-state index contributed by atoms with van der Waals surface area (Å²) < 4.78 is 5.27. The Bertz CT molecular complexity index is 610. The van der Waals surface area contributed by atoms with Gasteiger partial charge in [-0.3, -0.25) is 4.79 Å². The zero-order valence-corrected chi connectivity index (χ0v) is 16.3. The molecule has 0 unspecified atom stereocenters. The zero-order valence-electron chi connectivity index (χ0n) is 16.3. The van der Waals surface area contributed by atoms with E-state index in [4.69, 9.17) is 4.74 Å². The molecule has 0 aliphatic carbocycles. The molecule has 1 aromatic carbocycles. The van der Waals surface area contributed by atoms with Gasteiger partial charge in [0.2, 0.25) is 5.91 Å². The molecule has 0 radical (unpaired) electrons. The van der Waals surface area contributed by atoms with Gasteiger partial charge in [-0.15, -0.1) is 0 Å². The number of ether oxygens (including phenoxy) is 1. The number of methoxy groups -OCH3 is 1. The molecule has 3 amide bonds. The van der Waals surface area contributed by atoms with Crippen LogP contribution in [0.15, 0.2) is 24.3 Å². The van der Waals surface area contributed by atoms with Crippen molar-refractivity contribution in [2.75, 3.05) is 25.5 Å². The van der Waals surface area contributed by atoms with Crippen molar-refractivity contribution >= 4 is 17.6 Å². The molecular weight excluding hydrogens is 330 g/mol. The van der Waals surface area contributed by atoms with Crippen LogP contribution in [0.1, 0.15) is 46.5 Å². The van der Waals surface area contributed by atoms with E-state index in [1.807, 2.05) is 24.0 Å². The van der Waals surface area contributed by atoms with E-state index in [2.05, 4.69) is 19.2 Å². The van der Waals surface area contributed by atoms with Crippen molar-refractivity contribution in [2.45, 2.75) is 58.5 Å². The molecule has 26 heavy (non-hydrogen) atoms. The molecule has 1 aliphatic rings. The minimum Gasteiger partial charge on any atom is -0.495 e. The van der Waals surface area contributed by atoms with Crippen molar-refractivity contribution in [3.63, 3.8) is 0 Å². The van der Waals surface area contributed by atoms with Crippen LogP contribution in [-0.4, -0.2) is 54.0 Å². The lowest BCUT2D eigenvalue weighted by atomic mass is 9.98. The fourth-order valence-corrected chi connectivity index (χ4v) is 3.58. The van der Waals surface area contributed by atoms with E-state index in [1.165, 1.54) is 0 Å². The molecule has 1 aliphatic heterocycles. The Balaban J connectivity index is 2.06. The molecule has 0 aromatic heterocycles. The summed E-state index contributed by atoms with van der Waals surface area (Å²) >= 11 is 0. The van der Waals surface area contributed by atoms with Gasteiger partial charge in [0.05, 0.1) is 12.8 Å². The number of rotatable bonds is 6. The number of hydrogen-bond acceptors (Lipinski definition) is 3. The molecule has 1 heterocycles. The molecule has 1 N–H and O–H groups in total. The maximum atomic E-state index is 13.1. The Morgan fingerprint density at radius 2 is 1.88 bits per heavy atom. The van der Waals surface area contributed by atoms with E-state index in [0.717, 1.165) is 25.7 Å². The topological polar surface area (TPSA) is 61.9 Å². The van der Waals surface area contributed by atoms with Crippen LogP contribution in [0.3, 0.4) is 0 Å². The lowest BCUT2D eigenvalue weighted by molar-refractivity contribution is -0.117. The molecule has 144 valence electrons. The van der Waals surface area contributed by atoms with Crippen LogP contribution in [0.4, 0.5) is 10.5 Å². The molecular formula is C20H31N3O3. The van der Waals surface area contributed by atoms with Crippen LogP contribution in [0, 0.1) is 0 Å². The van der Waals surface area contributed by atoms with Crippen LogP contribution < -0.4 is 10.1 Å². The van der Waals surface area contributed by atoms with Crippen molar-refractivity contribution in [3.05, 3.63) is 24.3 Å². The Morgan fingerprint density at radius 1 is 1.23 bits per heavy atom. The standard InChI is InChI=1S/C20H31N3O3/c1-5-13-22(20(25)23-15(2)9-8-10-16(23)3)14-19(24)21-17-11-6-7-12-18(17)26-4/h6-7,11-12,15-16H,5,8-10,13-14H2,1-4H3,(H,21,24)/t15-,16+. The Labute approximate surface area is 156 Å². The highest BCUT2D eigenvalue weighted by atomic mass is 16.5. The second kappa shape index (κ2) is 9.46. The second-order valence-corrected chi connectivity index (χ2v) is 6.99. The monoisotopic (exact) mass is 361 g/mol. The lowest BCUT2D eigenvalue weighted by Crippen LogP contribution is -2.54. The molecule has 6 nitrogen and oxygen atoms in total. The maximum Gasteiger partial charge on any atom is 0.320 e. The highest BCUT2D eigenvalue weighted by molar-refractivity contribution is 5.95. The quantitative estimate of drug-likeness (QED) is 0.840. The number of carbonyl (C=O) groups excluding carboxylic acids is 2. The van der Waals surface area contributed by atoms with Crippen LogP contribution >= 0.6 is 0 Å². The average molecular weight is 361 g/mol. The summed E-state index contributed by atoms with van der Waals surface area (Å²) in [7, 11) is 1.57. The number of likely N-dealkylation sites (tertiary alicyclic amines) is 1. The molecule has 0 saturated carbocycles. The van der Waals surface area contributed by atoms with Gasteiger partial charge in [0.1, 0.15) is 12.3 Å². The third-order valence-corrected chi connectivity index (χ3v) is 4.89. The smallest absolute Gasteiger partial charge is 0.320 e. The third-order valence-electron chi connectivity index (χ3n) is 4.89. The largest absolute Gasteiger partial charge is 0.495 e. The van der Waals surface area contributed by atoms with Gasteiger partial charge in [0, 0.05) is 18.6 Å². The predicted octanol–water partition coefficient (Wildman–Crippen LogP) is 3.73. The normalized spacial score (nSPS) is 19.8. The first-order valence-corrected chi connectivity index (χ1v) is 9.48. The Morgan fingerprint density at radius 3 is 2.50 bits per heavy atom. The van der Waals surface area contributed by atoms with Crippen LogP contribution in [0.25, 0.3) is 0 Å². The summed E-state index contributed by atoms with van der Waals surface area (Å²) in [6, 6.07) is 7.65. The van der Waals surface area contributed by atoms with Crippen molar-refractivity contribution in [2.24, 2.45) is 0 Å². The van der Waals surface area contributed by atoms with Crippen LogP contribution in [0.5, 0.6) is 5.75 Å². The molecule has 1 aromatic rings. The second-order valence-electron chi connectivity index (χ2n) is 6.99. The number of amides is 3. The van der Waals surface area contributed by atoms with Gasteiger partial charge in [-0.2, -0.15) is 0 Å². The molecule has 0 spiro atoms. The minimum atomic E-state index is -0.214. The third kappa shape index (κ3) is 4.90. The number of piperidine rings is 1. The van der Waals surface area contributed by atoms with Crippen molar-refractivity contribution in [3.8, 4) is 5.75 Å². The van der Waals surface area contributed by atoms with Gasteiger partial charge >= 0.3 is 6.03 Å². The molecule has 0 bridgehead atoms. The van der Waals surface area contributed by atoms with E-state index < -0.39 is 0 Å². The average Bonchev–Trinajstić information content (AvgIpc) is 2.61. The van der Waals surface area contributed by atoms with E-state index in [-0.39, 0.29) is 30.6 Å². The highest BCUT2D eigenvalue weighted by Gasteiger charge is 2.32. The number of nitrogens with one attached hydrogen (secondary N) is 1. The molecule has 1 saturated heterocycles. The van der Waals surface area contributed by atoms with Gasteiger partial charge in [-0.05, 0) is 51.7 Å². The maximum absolute atomic E-state index is 13.1. The van der Waals surface area contributed by atoms with Gasteiger partial charge in [0.25, 0.3) is 0 Å². The number of nitrogens with zero attached hydrogens (tertiary/aromatic N) is 2. The van der Waals surface area contributed by atoms with Crippen molar-refractivity contribution in [1.82, 2.24) is 9.80 Å². The zero-order chi connectivity index (χ0) is 19.1. The predicted molar refractivity (Wildman–Crippen MR) is 103 cm³/mol. The summed E-state index contributed by atoms with van der Waals surface area (Å²) in [6.07, 6.45) is 3.99. The van der Waals surface area contributed by atoms with Crippen molar-refractivity contribution in [1.29, 1.82) is 0 Å². The fraction of sp³-hybridized carbons (Fsp3) is 0.600. The first-order valence-electron chi connectivity index (χ1n) is 9.48. The van der Waals surface area contributed by atoms with E-state index >= 15 is 0 Å². The van der Waals surface area contributed by atoms with Gasteiger partial charge in [-0.25, -0.2) is 4.79 Å². The molecule has 2 atom stereocenters. The van der Waals surface area contributed by atoms with Crippen molar-refractivity contribution < 1.29 is 14.3 Å². The van der Waals surface area contributed by atoms with E-state index in [1.54, 1.807) is 24.1 Å². The first-order chi connectivity index (χ1) is 12.5. The van der Waals surface area contributed by atoms with Gasteiger partial charge in [0.15, 0.2) is 0 Å². The van der Waals surface area contributed by atoms with E-state index in [0.29, 0.717) is 18.0 Å². The Hall–Kier alpha value is -2.24. The number of anilines is 1. The number of para-hydroxylation sites is 2. The summed E-state index contributed by atoms with van der Waals surface area (Å²) in [4.78, 5) is 29.2. The summed E-state index contributed by atoms with van der Waals surface area (Å²) in [6.45, 7) is 6.80. The minimum absolute atomic E-state index is 0.0401. The number of benzene rings is 1. The molecule has 2 rings (SSSR count). The van der Waals surface area contributed by atoms with E-state index in [9.17, 15) is 9.59 Å². The SMILES string of the molecule is CCCN(CC(=O)Nc1ccccc1OC)C(=O)N1[C@H](C)CCC[C@@H]1C. The lowest BCUT2D eigenvalue weighted by Gasteiger charge is -2.41. The van der Waals surface area contributed by atoms with Crippen LogP contribution in [-0.2, 0) is 4.79 Å². The Kier molecular flexibility index (Phi) is 7.30. The molecule has 1 fully saturated rings. The number of carbonyl (C=O) groups is 2. The molecule has 6 heteroatoms. The first kappa shape index (κ1) is 20.1. The summed E-state index contributed by atoms with van der Waals surface area (Å²) in [5.41, 5.74) is 0.614. The number of hydrogen-bond donors (Lipinski definition) is 1. The van der Waals surface area contributed by atoms with Gasteiger partial charge < -0.3 is 19.9 Å². The summed E-state index contributed by atoms with van der Waals surface area (Å²) in [5.74, 6) is 0.390. The highest BCUT2D eigenvalue weighted by Crippen LogP contribution is 2.25. The summed E-state index contributed by atoms with van der Waals surface area (Å²) in [5, 5.41) is 2.85. The van der Waals surface area contributed by atoms with Gasteiger partial charge in [-0.1, -0.05) is 19.1 Å². The number of urea groups is 1. The van der Waals surface area contributed by atoms with Crippen LogP contribution in [0.2, 0.25) is 0 Å². The fourth-order valence-electron chi connectivity index (χ4n) is 3.58.